The number of hydrogen-bond acceptors (Lipinski definition) is 4. The van der Waals surface area contributed by atoms with Gasteiger partial charge in [0.25, 0.3) is 0 Å². The van der Waals surface area contributed by atoms with Crippen LogP contribution in [0.5, 0.6) is 5.75 Å². The van der Waals surface area contributed by atoms with Crippen molar-refractivity contribution in [1.82, 2.24) is 4.72 Å². The molecule has 0 amide bonds. The van der Waals surface area contributed by atoms with Crippen LogP contribution < -0.4 is 9.46 Å². The van der Waals surface area contributed by atoms with Crippen molar-refractivity contribution in [3.8, 4) is 5.75 Å². The van der Waals surface area contributed by atoms with Gasteiger partial charge < -0.3 is 9.84 Å². The number of aliphatic hydroxyl groups excluding tert-OH is 1. The van der Waals surface area contributed by atoms with Crippen molar-refractivity contribution in [3.05, 3.63) is 22.7 Å². The zero-order valence-corrected chi connectivity index (χ0v) is 14.0. The van der Waals surface area contributed by atoms with Crippen LogP contribution in [-0.4, -0.2) is 33.8 Å². The molecule has 0 radical (unpaired) electrons. The Bertz CT molecular complexity index is 533. The Kier molecular flexibility index (Phi) is 6.94. The Morgan fingerprint density at radius 2 is 2.15 bits per heavy atom. The third-order valence-electron chi connectivity index (χ3n) is 3.11. The average Bonchev–Trinajstić information content (AvgIpc) is 2.43. The SMILES string of the molecule is CCC(CCO)CNS(=O)(=O)c1ccc(OC)c(Br)c1. The fourth-order valence-corrected chi connectivity index (χ4v) is 3.59. The van der Waals surface area contributed by atoms with Crippen LogP contribution in [0.2, 0.25) is 0 Å². The van der Waals surface area contributed by atoms with Crippen LogP contribution in [-0.2, 0) is 10.0 Å². The molecule has 0 fully saturated rings. The molecule has 1 unspecified atom stereocenters. The summed E-state index contributed by atoms with van der Waals surface area (Å²) in [4.78, 5) is 0.184. The number of ether oxygens (including phenoxy) is 1. The number of halogens is 1. The van der Waals surface area contributed by atoms with E-state index in [1.165, 1.54) is 19.2 Å². The molecular formula is C13H20BrNO4S. The largest absolute Gasteiger partial charge is 0.496 e. The molecule has 114 valence electrons. The molecule has 20 heavy (non-hydrogen) atoms. The van der Waals surface area contributed by atoms with Crippen molar-refractivity contribution >= 4 is 26.0 Å². The first-order valence-electron chi connectivity index (χ1n) is 6.38. The van der Waals surface area contributed by atoms with Crippen molar-refractivity contribution in [2.75, 3.05) is 20.3 Å². The first kappa shape index (κ1) is 17.4. The summed E-state index contributed by atoms with van der Waals surface area (Å²) in [7, 11) is -2.03. The molecule has 0 saturated heterocycles. The number of hydrogen-bond donors (Lipinski definition) is 2. The maximum atomic E-state index is 12.2. The number of nitrogens with one attached hydrogen (secondary N) is 1. The van der Waals surface area contributed by atoms with Crippen molar-refractivity contribution in [1.29, 1.82) is 0 Å². The van der Waals surface area contributed by atoms with Gasteiger partial charge in [0, 0.05) is 13.2 Å². The van der Waals surface area contributed by atoms with Crippen molar-refractivity contribution in [3.63, 3.8) is 0 Å². The quantitative estimate of drug-likeness (QED) is 0.739. The van der Waals surface area contributed by atoms with Gasteiger partial charge in [-0.15, -0.1) is 0 Å². The highest BCUT2D eigenvalue weighted by Gasteiger charge is 2.17. The summed E-state index contributed by atoms with van der Waals surface area (Å²) in [6.07, 6.45) is 1.40. The van der Waals surface area contributed by atoms with E-state index >= 15 is 0 Å². The summed E-state index contributed by atoms with van der Waals surface area (Å²) in [6, 6.07) is 4.61. The topological polar surface area (TPSA) is 75.6 Å². The fraction of sp³-hybridized carbons (Fsp3) is 0.538. The highest BCUT2D eigenvalue weighted by Crippen LogP contribution is 2.27. The molecule has 2 N–H and O–H groups in total. The molecular weight excluding hydrogens is 346 g/mol. The van der Waals surface area contributed by atoms with E-state index in [2.05, 4.69) is 20.7 Å². The van der Waals surface area contributed by atoms with Crippen molar-refractivity contribution in [2.24, 2.45) is 5.92 Å². The number of methoxy groups -OCH3 is 1. The summed E-state index contributed by atoms with van der Waals surface area (Å²) in [5.74, 6) is 0.715. The molecule has 0 saturated carbocycles. The zero-order valence-electron chi connectivity index (χ0n) is 11.6. The summed E-state index contributed by atoms with van der Waals surface area (Å²) in [5.41, 5.74) is 0. The maximum Gasteiger partial charge on any atom is 0.240 e. The Hall–Kier alpha value is -0.630. The van der Waals surface area contributed by atoms with Gasteiger partial charge in [0.05, 0.1) is 16.5 Å². The van der Waals surface area contributed by atoms with Gasteiger partial charge in [-0.2, -0.15) is 0 Å². The summed E-state index contributed by atoms with van der Waals surface area (Å²) in [5, 5.41) is 8.91. The van der Waals surface area contributed by atoms with E-state index < -0.39 is 10.0 Å². The summed E-state index contributed by atoms with van der Waals surface area (Å²) in [6.45, 7) is 2.36. The van der Waals surface area contributed by atoms with E-state index in [0.717, 1.165) is 6.42 Å². The molecule has 0 aliphatic rings. The van der Waals surface area contributed by atoms with Crippen LogP contribution in [0.4, 0.5) is 0 Å². The molecule has 7 heteroatoms. The molecule has 0 heterocycles. The number of aliphatic hydroxyl groups is 1. The van der Waals surface area contributed by atoms with Crippen LogP contribution in [0.15, 0.2) is 27.6 Å². The lowest BCUT2D eigenvalue weighted by Crippen LogP contribution is -2.29. The molecule has 1 aromatic rings. The van der Waals surface area contributed by atoms with Gasteiger partial charge >= 0.3 is 0 Å². The highest BCUT2D eigenvalue weighted by atomic mass is 79.9. The van der Waals surface area contributed by atoms with E-state index in [1.54, 1.807) is 6.07 Å². The Morgan fingerprint density at radius 3 is 2.65 bits per heavy atom. The number of sulfonamides is 1. The van der Waals surface area contributed by atoms with Gasteiger partial charge in [0.2, 0.25) is 10.0 Å². The third kappa shape index (κ3) is 4.73. The standard InChI is InChI=1S/C13H20BrNO4S/c1-3-10(6-7-16)9-15-20(17,18)11-4-5-13(19-2)12(14)8-11/h4-5,8,10,15-16H,3,6-7,9H2,1-2H3. The van der Waals surface area contributed by atoms with E-state index in [9.17, 15) is 8.42 Å². The first-order chi connectivity index (χ1) is 9.44. The minimum Gasteiger partial charge on any atom is -0.496 e. The van der Waals surface area contributed by atoms with Crippen LogP contribution >= 0.6 is 15.9 Å². The second-order valence-corrected chi connectivity index (χ2v) is 7.06. The monoisotopic (exact) mass is 365 g/mol. The molecule has 0 bridgehead atoms. The highest BCUT2D eigenvalue weighted by molar-refractivity contribution is 9.10. The summed E-state index contributed by atoms with van der Waals surface area (Å²) >= 11 is 3.27. The van der Waals surface area contributed by atoms with E-state index in [1.807, 2.05) is 6.92 Å². The second kappa shape index (κ2) is 7.97. The molecule has 5 nitrogen and oxygen atoms in total. The van der Waals surface area contributed by atoms with Crippen LogP contribution in [0.1, 0.15) is 19.8 Å². The van der Waals surface area contributed by atoms with Gasteiger partial charge in [-0.25, -0.2) is 13.1 Å². The Morgan fingerprint density at radius 1 is 1.45 bits per heavy atom. The molecule has 0 aromatic heterocycles. The van der Waals surface area contributed by atoms with Crippen molar-refractivity contribution < 1.29 is 18.3 Å². The van der Waals surface area contributed by atoms with Crippen molar-refractivity contribution in [2.45, 2.75) is 24.7 Å². The van der Waals surface area contributed by atoms with Crippen LogP contribution in [0.25, 0.3) is 0 Å². The van der Waals surface area contributed by atoms with Crippen LogP contribution in [0, 0.1) is 5.92 Å². The van der Waals surface area contributed by atoms with Crippen LogP contribution in [0.3, 0.4) is 0 Å². The Balaban J connectivity index is 2.81. The van der Waals surface area contributed by atoms with Gasteiger partial charge in [0.15, 0.2) is 0 Å². The van der Waals surface area contributed by atoms with Gasteiger partial charge in [0.1, 0.15) is 5.75 Å². The normalized spacial score (nSPS) is 13.2. The van der Waals surface area contributed by atoms with Gasteiger partial charge in [-0.05, 0) is 46.5 Å². The fourth-order valence-electron chi connectivity index (χ4n) is 1.76. The lowest BCUT2D eigenvalue weighted by atomic mass is 10.0. The van der Waals surface area contributed by atoms with E-state index in [4.69, 9.17) is 9.84 Å². The minimum atomic E-state index is -3.55. The zero-order chi connectivity index (χ0) is 15.2. The number of rotatable bonds is 8. The van der Waals surface area contributed by atoms with E-state index in [-0.39, 0.29) is 17.4 Å². The summed E-state index contributed by atoms with van der Waals surface area (Å²) < 4.78 is 32.6. The van der Waals surface area contributed by atoms with Gasteiger partial charge in [-0.1, -0.05) is 13.3 Å². The third-order valence-corrected chi connectivity index (χ3v) is 5.15. The Labute approximate surface area is 128 Å². The molecule has 0 spiro atoms. The van der Waals surface area contributed by atoms with E-state index in [0.29, 0.717) is 23.2 Å². The first-order valence-corrected chi connectivity index (χ1v) is 8.66. The lowest BCUT2D eigenvalue weighted by molar-refractivity contribution is 0.254. The molecule has 1 aromatic carbocycles. The lowest BCUT2D eigenvalue weighted by Gasteiger charge is -2.15. The average molecular weight is 366 g/mol. The minimum absolute atomic E-state index is 0.0638. The number of benzene rings is 1. The smallest absolute Gasteiger partial charge is 0.240 e. The predicted molar refractivity (Wildman–Crippen MR) is 81.4 cm³/mol. The molecule has 1 atom stereocenters. The predicted octanol–water partition coefficient (Wildman–Crippen LogP) is 2.14. The maximum absolute atomic E-state index is 12.2. The van der Waals surface area contributed by atoms with Gasteiger partial charge in [-0.3, -0.25) is 0 Å². The molecule has 0 aliphatic heterocycles. The molecule has 0 aliphatic carbocycles. The molecule has 1 rings (SSSR count). The second-order valence-electron chi connectivity index (χ2n) is 4.43.